The second kappa shape index (κ2) is 12.4. The van der Waals surface area contributed by atoms with E-state index in [2.05, 4.69) is 5.32 Å². The van der Waals surface area contributed by atoms with Crippen molar-refractivity contribution < 1.29 is 37.3 Å². The number of halogens is 2. The Morgan fingerprint density at radius 3 is 2.20 bits per heavy atom. The number of hydrogen-bond donors (Lipinski definition) is 2. The zero-order valence-corrected chi connectivity index (χ0v) is 23.8. The number of carboxylic acids is 1. The Kier molecular flexibility index (Phi) is 9.22. The molecule has 10 nitrogen and oxygen atoms in total. The molecule has 3 aromatic carbocycles. The third kappa shape index (κ3) is 6.34. The summed E-state index contributed by atoms with van der Waals surface area (Å²) in [6.45, 7) is -0.588. The van der Waals surface area contributed by atoms with Gasteiger partial charge < -0.3 is 24.6 Å². The van der Waals surface area contributed by atoms with Crippen LogP contribution in [0.15, 0.2) is 65.6 Å². The standard InChI is InChI=1S/C27H26Cl2N2O8S/c1-37-23-4-3-5-24(38-2)26(23)17-8-6-16(7-9-17)21(13-25(32)33)30-27(34)22-14-39-15-31(22)40(35,36)20-11-18(28)10-19(29)12-20/h3-12,21-22H,13-15H2,1-2H3,(H,30,34)(H,32,33)/t21-,22+/m1/s1. The molecule has 0 unspecified atom stereocenters. The highest BCUT2D eigenvalue weighted by Gasteiger charge is 2.41. The van der Waals surface area contributed by atoms with Crippen molar-refractivity contribution in [3.8, 4) is 22.6 Å². The van der Waals surface area contributed by atoms with Crippen LogP contribution >= 0.6 is 23.2 Å². The second-order valence-corrected chi connectivity index (χ2v) is 11.6. The first-order valence-corrected chi connectivity index (χ1v) is 14.1. The Labute approximate surface area is 241 Å². The van der Waals surface area contributed by atoms with Crippen LogP contribution in [0.3, 0.4) is 0 Å². The van der Waals surface area contributed by atoms with Gasteiger partial charge in [0.25, 0.3) is 0 Å². The molecular formula is C27H26Cl2N2O8S. The fourth-order valence-electron chi connectivity index (χ4n) is 4.40. The second-order valence-electron chi connectivity index (χ2n) is 8.83. The molecule has 1 amide bonds. The number of carbonyl (C=O) groups excluding carboxylic acids is 1. The number of carboxylic acid groups (broad SMARTS) is 1. The van der Waals surface area contributed by atoms with Gasteiger partial charge in [-0.05, 0) is 41.5 Å². The number of benzene rings is 3. The third-order valence-corrected chi connectivity index (χ3v) is 8.56. The van der Waals surface area contributed by atoms with Crippen LogP contribution in [-0.4, -0.2) is 63.3 Å². The Bertz CT molecular complexity index is 1470. The van der Waals surface area contributed by atoms with E-state index in [9.17, 15) is 23.1 Å². The number of carbonyl (C=O) groups is 2. The molecular weight excluding hydrogens is 583 g/mol. The molecule has 0 aliphatic carbocycles. The molecule has 0 radical (unpaired) electrons. The zero-order chi connectivity index (χ0) is 29.0. The summed E-state index contributed by atoms with van der Waals surface area (Å²) in [5.41, 5.74) is 1.96. The summed E-state index contributed by atoms with van der Waals surface area (Å²) in [7, 11) is -1.12. The average Bonchev–Trinajstić information content (AvgIpc) is 3.43. The van der Waals surface area contributed by atoms with E-state index in [4.69, 9.17) is 37.4 Å². The van der Waals surface area contributed by atoms with Crippen molar-refractivity contribution in [2.75, 3.05) is 27.6 Å². The zero-order valence-electron chi connectivity index (χ0n) is 21.5. The van der Waals surface area contributed by atoms with Crippen molar-refractivity contribution in [3.05, 3.63) is 76.3 Å². The largest absolute Gasteiger partial charge is 0.496 e. The van der Waals surface area contributed by atoms with Gasteiger partial charge in [-0.3, -0.25) is 9.59 Å². The summed E-state index contributed by atoms with van der Waals surface area (Å²) < 4.78 is 43.7. The number of nitrogens with zero attached hydrogens (tertiary/aromatic N) is 1. The molecule has 0 aromatic heterocycles. The van der Waals surface area contributed by atoms with E-state index in [1.807, 2.05) is 0 Å². The molecule has 0 saturated carbocycles. The Morgan fingerprint density at radius 2 is 1.65 bits per heavy atom. The number of hydrogen-bond acceptors (Lipinski definition) is 7. The lowest BCUT2D eigenvalue weighted by Gasteiger charge is -2.25. The summed E-state index contributed by atoms with van der Waals surface area (Å²) >= 11 is 12.0. The predicted octanol–water partition coefficient (Wildman–Crippen LogP) is 4.36. The van der Waals surface area contributed by atoms with E-state index in [-0.39, 0.29) is 28.3 Å². The van der Waals surface area contributed by atoms with Gasteiger partial charge in [-0.2, -0.15) is 4.31 Å². The molecule has 2 atom stereocenters. The molecule has 1 fully saturated rings. The number of sulfonamides is 1. The van der Waals surface area contributed by atoms with Crippen LogP contribution in [0.2, 0.25) is 10.0 Å². The maximum atomic E-state index is 13.3. The van der Waals surface area contributed by atoms with Gasteiger partial charge in [-0.1, -0.05) is 53.5 Å². The summed E-state index contributed by atoms with van der Waals surface area (Å²) in [5.74, 6) is -0.686. The van der Waals surface area contributed by atoms with Crippen LogP contribution < -0.4 is 14.8 Å². The van der Waals surface area contributed by atoms with Gasteiger partial charge in [0, 0.05) is 10.0 Å². The summed E-state index contributed by atoms with van der Waals surface area (Å²) in [4.78, 5) is 24.8. The van der Waals surface area contributed by atoms with Gasteiger partial charge in [0.15, 0.2) is 0 Å². The molecule has 0 bridgehead atoms. The van der Waals surface area contributed by atoms with Crippen molar-refractivity contribution in [1.29, 1.82) is 0 Å². The van der Waals surface area contributed by atoms with E-state index in [0.29, 0.717) is 22.6 Å². The van der Waals surface area contributed by atoms with E-state index in [1.54, 1.807) is 56.7 Å². The Balaban J connectivity index is 1.59. The predicted molar refractivity (Wildman–Crippen MR) is 148 cm³/mol. The molecule has 1 aliphatic rings. The molecule has 212 valence electrons. The normalized spacial score (nSPS) is 16.4. The van der Waals surface area contributed by atoms with Crippen molar-refractivity contribution in [2.45, 2.75) is 23.4 Å². The number of amides is 1. The van der Waals surface area contributed by atoms with Crippen molar-refractivity contribution in [1.82, 2.24) is 9.62 Å². The van der Waals surface area contributed by atoms with Crippen molar-refractivity contribution >= 4 is 45.1 Å². The molecule has 40 heavy (non-hydrogen) atoms. The van der Waals surface area contributed by atoms with Crippen LogP contribution in [0.25, 0.3) is 11.1 Å². The van der Waals surface area contributed by atoms with Crippen LogP contribution in [-0.2, 0) is 24.3 Å². The maximum Gasteiger partial charge on any atom is 0.305 e. The fraction of sp³-hybridized carbons (Fsp3) is 0.259. The molecule has 1 saturated heterocycles. The molecule has 0 spiro atoms. The third-order valence-electron chi connectivity index (χ3n) is 6.31. The molecule has 2 N–H and O–H groups in total. The summed E-state index contributed by atoms with van der Waals surface area (Å²) in [6, 6.07) is 13.9. The lowest BCUT2D eigenvalue weighted by molar-refractivity contribution is -0.137. The quantitative estimate of drug-likeness (QED) is 0.347. The van der Waals surface area contributed by atoms with Gasteiger partial charge in [0.05, 0.1) is 43.7 Å². The van der Waals surface area contributed by atoms with Gasteiger partial charge in [0.1, 0.15) is 24.3 Å². The van der Waals surface area contributed by atoms with E-state index >= 15 is 0 Å². The number of aliphatic carboxylic acids is 1. The van der Waals surface area contributed by atoms with Crippen LogP contribution in [0.1, 0.15) is 18.0 Å². The average molecular weight is 609 g/mol. The number of rotatable bonds is 10. The number of methoxy groups -OCH3 is 2. The van der Waals surface area contributed by atoms with Crippen molar-refractivity contribution in [3.63, 3.8) is 0 Å². The maximum absolute atomic E-state index is 13.3. The SMILES string of the molecule is COc1cccc(OC)c1-c1ccc([C@@H](CC(=O)O)NC(=O)[C@@H]2COCN2S(=O)(=O)c2cc(Cl)cc(Cl)c2)cc1. The highest BCUT2D eigenvalue weighted by molar-refractivity contribution is 7.89. The van der Waals surface area contributed by atoms with E-state index in [1.165, 1.54) is 18.2 Å². The van der Waals surface area contributed by atoms with Crippen molar-refractivity contribution in [2.24, 2.45) is 0 Å². The lowest BCUT2D eigenvalue weighted by Crippen LogP contribution is -2.48. The minimum Gasteiger partial charge on any atom is -0.496 e. The topological polar surface area (TPSA) is 131 Å². The highest BCUT2D eigenvalue weighted by atomic mass is 35.5. The minimum absolute atomic E-state index is 0.114. The highest BCUT2D eigenvalue weighted by Crippen LogP contribution is 2.38. The first-order chi connectivity index (χ1) is 19.0. The minimum atomic E-state index is -4.21. The van der Waals surface area contributed by atoms with Gasteiger partial charge in [-0.15, -0.1) is 0 Å². The van der Waals surface area contributed by atoms with Crippen LogP contribution in [0.4, 0.5) is 0 Å². The summed E-state index contributed by atoms with van der Waals surface area (Å²) in [5, 5.41) is 12.4. The van der Waals surface area contributed by atoms with Gasteiger partial charge in [0.2, 0.25) is 15.9 Å². The van der Waals surface area contributed by atoms with Gasteiger partial charge >= 0.3 is 5.97 Å². The monoisotopic (exact) mass is 608 g/mol. The van der Waals surface area contributed by atoms with Gasteiger partial charge in [-0.25, -0.2) is 8.42 Å². The molecule has 1 heterocycles. The molecule has 4 rings (SSSR count). The first kappa shape index (κ1) is 29.6. The number of ether oxygens (including phenoxy) is 3. The Morgan fingerprint density at radius 1 is 1.05 bits per heavy atom. The fourth-order valence-corrected chi connectivity index (χ4v) is 6.58. The lowest BCUT2D eigenvalue weighted by atomic mass is 9.97. The number of nitrogens with one attached hydrogen (secondary N) is 1. The Hall–Kier alpha value is -3.35. The molecule has 13 heteroatoms. The summed E-state index contributed by atoms with van der Waals surface area (Å²) in [6.07, 6.45) is -0.437. The first-order valence-electron chi connectivity index (χ1n) is 11.9. The van der Waals surface area contributed by atoms with Crippen LogP contribution in [0, 0.1) is 0 Å². The smallest absolute Gasteiger partial charge is 0.305 e. The molecule has 1 aliphatic heterocycles. The van der Waals surface area contributed by atoms with E-state index in [0.717, 1.165) is 9.87 Å². The molecule has 3 aromatic rings. The van der Waals surface area contributed by atoms with E-state index < -0.39 is 40.4 Å². The van der Waals surface area contributed by atoms with Crippen LogP contribution in [0.5, 0.6) is 11.5 Å².